The number of nitrogens with one attached hydrogen (secondary N) is 1. The van der Waals surface area contributed by atoms with Crippen molar-refractivity contribution in [2.24, 2.45) is 5.92 Å². The first kappa shape index (κ1) is 20.2. The number of carbonyl (C=O) groups excluding carboxylic acids is 1. The molecule has 1 aliphatic rings. The van der Waals surface area contributed by atoms with Gasteiger partial charge in [0.1, 0.15) is 5.75 Å². The molecule has 0 spiro atoms. The summed E-state index contributed by atoms with van der Waals surface area (Å²) < 4.78 is 58.3. The lowest BCUT2D eigenvalue weighted by atomic mass is 10.2. The van der Waals surface area contributed by atoms with Gasteiger partial charge < -0.3 is 4.74 Å². The van der Waals surface area contributed by atoms with E-state index in [0.717, 1.165) is 4.31 Å². The number of nitrogens with zero attached hydrogens (tertiary/aromatic N) is 1. The monoisotopic (exact) mass is 424 g/mol. The summed E-state index contributed by atoms with van der Waals surface area (Å²) in [5, 5.41) is 0. The summed E-state index contributed by atoms with van der Waals surface area (Å²) in [6.45, 7) is 3.71. The van der Waals surface area contributed by atoms with E-state index < -0.39 is 31.9 Å². The van der Waals surface area contributed by atoms with Gasteiger partial charge in [-0.25, -0.2) is 21.1 Å². The highest BCUT2D eigenvalue weighted by Crippen LogP contribution is 2.30. The number of hydrogen-bond acceptors (Lipinski definition) is 6. The van der Waals surface area contributed by atoms with E-state index in [1.807, 2.05) is 0 Å². The Morgan fingerprint density at radius 2 is 1.79 bits per heavy atom. The lowest BCUT2D eigenvalue weighted by Gasteiger charge is -2.16. The zero-order chi connectivity index (χ0) is 20.5. The van der Waals surface area contributed by atoms with Crippen LogP contribution in [-0.2, 0) is 24.8 Å². The Morgan fingerprint density at radius 3 is 2.36 bits per heavy atom. The molecule has 150 valence electrons. The van der Waals surface area contributed by atoms with Gasteiger partial charge in [-0.15, -0.1) is 0 Å². The first-order valence-corrected chi connectivity index (χ1v) is 11.7. The number of hydrogen-bond donors (Lipinski definition) is 1. The van der Waals surface area contributed by atoms with E-state index in [-0.39, 0.29) is 16.3 Å². The third kappa shape index (κ3) is 3.83. The van der Waals surface area contributed by atoms with E-state index in [4.69, 9.17) is 4.74 Å². The average Bonchev–Trinajstić information content (AvgIpc) is 2.84. The van der Waals surface area contributed by atoms with Crippen molar-refractivity contribution in [2.75, 3.05) is 21.4 Å². The van der Waals surface area contributed by atoms with Gasteiger partial charge in [0.05, 0.1) is 34.5 Å². The molecule has 1 unspecified atom stereocenters. The second kappa shape index (κ2) is 7.44. The fourth-order valence-electron chi connectivity index (χ4n) is 2.88. The number of sulfonamides is 2. The molecule has 1 saturated heterocycles. The van der Waals surface area contributed by atoms with Gasteiger partial charge in [-0.1, -0.05) is 19.1 Å². The number of carbonyl (C=O) groups is 1. The maximum Gasteiger partial charge on any atom is 0.262 e. The molecule has 0 aromatic heterocycles. The van der Waals surface area contributed by atoms with Gasteiger partial charge in [0.15, 0.2) is 0 Å². The highest BCUT2D eigenvalue weighted by Gasteiger charge is 2.41. The van der Waals surface area contributed by atoms with Crippen LogP contribution in [0.5, 0.6) is 5.75 Å². The third-order valence-corrected chi connectivity index (χ3v) is 7.42. The second-order valence-corrected chi connectivity index (χ2v) is 9.86. The highest BCUT2D eigenvalue weighted by molar-refractivity contribution is 7.94. The van der Waals surface area contributed by atoms with Crippen molar-refractivity contribution in [1.82, 2.24) is 0 Å². The number of benzene rings is 2. The van der Waals surface area contributed by atoms with E-state index >= 15 is 0 Å². The van der Waals surface area contributed by atoms with Crippen molar-refractivity contribution in [3.63, 3.8) is 0 Å². The standard InChI is InChI=1S/C18H20N2O6S2/c1-3-26-17-7-5-4-6-16(17)19-28(24,25)15-10-8-14(9-11-15)20-18(21)13(2)12-27(20,22)23/h4-11,13,19H,3,12H2,1-2H3. The minimum atomic E-state index is -3.93. The number of amides is 1. The summed E-state index contributed by atoms with van der Waals surface area (Å²) in [7, 11) is -7.68. The van der Waals surface area contributed by atoms with Crippen molar-refractivity contribution in [2.45, 2.75) is 18.7 Å². The molecule has 1 aliphatic heterocycles. The average molecular weight is 425 g/mol. The lowest BCUT2D eigenvalue weighted by Crippen LogP contribution is -2.30. The molecule has 1 heterocycles. The zero-order valence-electron chi connectivity index (χ0n) is 15.3. The summed E-state index contributed by atoms with van der Waals surface area (Å²) in [6, 6.07) is 11.7. The first-order chi connectivity index (χ1) is 13.2. The second-order valence-electron chi connectivity index (χ2n) is 6.31. The number of rotatable bonds is 6. The van der Waals surface area contributed by atoms with Crippen LogP contribution < -0.4 is 13.8 Å². The van der Waals surface area contributed by atoms with Gasteiger partial charge >= 0.3 is 0 Å². The molecule has 8 nitrogen and oxygen atoms in total. The molecule has 1 atom stereocenters. The van der Waals surface area contributed by atoms with Gasteiger partial charge in [0.25, 0.3) is 10.0 Å². The predicted molar refractivity (Wildman–Crippen MR) is 105 cm³/mol. The van der Waals surface area contributed by atoms with Crippen LogP contribution in [0, 0.1) is 5.92 Å². The van der Waals surface area contributed by atoms with E-state index in [1.165, 1.54) is 24.3 Å². The van der Waals surface area contributed by atoms with Crippen LogP contribution in [0.15, 0.2) is 53.4 Å². The SMILES string of the molecule is CCOc1ccccc1NS(=O)(=O)c1ccc(N2C(=O)C(C)CS2(=O)=O)cc1. The van der Waals surface area contributed by atoms with Crippen LogP contribution in [0.3, 0.4) is 0 Å². The Bertz CT molecular complexity index is 1100. The van der Waals surface area contributed by atoms with E-state index in [2.05, 4.69) is 4.72 Å². The van der Waals surface area contributed by atoms with Crippen LogP contribution in [0.4, 0.5) is 11.4 Å². The molecule has 2 aromatic rings. The minimum absolute atomic E-state index is 0.0698. The molecule has 0 aliphatic carbocycles. The summed E-state index contributed by atoms with van der Waals surface area (Å²) in [5.41, 5.74) is 0.405. The quantitative estimate of drug-likeness (QED) is 0.761. The Kier molecular flexibility index (Phi) is 5.35. The highest BCUT2D eigenvalue weighted by atomic mass is 32.2. The topological polar surface area (TPSA) is 110 Å². The molecule has 0 saturated carbocycles. The molecule has 2 aromatic carbocycles. The fraction of sp³-hybridized carbons (Fsp3) is 0.278. The Labute approximate surface area is 164 Å². The van der Waals surface area contributed by atoms with Crippen LogP contribution >= 0.6 is 0 Å². The van der Waals surface area contributed by atoms with Crippen LogP contribution in [0.25, 0.3) is 0 Å². The van der Waals surface area contributed by atoms with Crippen molar-refractivity contribution < 1.29 is 26.4 Å². The van der Waals surface area contributed by atoms with E-state index in [0.29, 0.717) is 18.0 Å². The summed E-state index contributed by atoms with van der Waals surface area (Å²) >= 11 is 0. The summed E-state index contributed by atoms with van der Waals surface area (Å²) in [4.78, 5) is 12.1. The molecular formula is C18H20N2O6S2. The van der Waals surface area contributed by atoms with E-state index in [9.17, 15) is 21.6 Å². The molecule has 10 heteroatoms. The zero-order valence-corrected chi connectivity index (χ0v) is 17.0. The van der Waals surface area contributed by atoms with E-state index in [1.54, 1.807) is 38.1 Å². The predicted octanol–water partition coefficient (Wildman–Crippen LogP) is 2.20. The normalized spacial score (nSPS) is 18.9. The summed E-state index contributed by atoms with van der Waals surface area (Å²) in [5.74, 6) is -1.03. The molecule has 1 fully saturated rings. The maximum absolute atomic E-state index is 12.7. The molecule has 1 amide bonds. The number of anilines is 2. The lowest BCUT2D eigenvalue weighted by molar-refractivity contribution is -0.119. The van der Waals surface area contributed by atoms with Crippen LogP contribution in [0.1, 0.15) is 13.8 Å². The Hall–Kier alpha value is -2.59. The molecule has 3 rings (SSSR count). The van der Waals surface area contributed by atoms with Gasteiger partial charge in [-0.3, -0.25) is 9.52 Å². The fourth-order valence-corrected chi connectivity index (χ4v) is 5.77. The molecule has 28 heavy (non-hydrogen) atoms. The van der Waals surface area contributed by atoms with Crippen molar-refractivity contribution in [1.29, 1.82) is 0 Å². The largest absolute Gasteiger partial charge is 0.492 e. The first-order valence-electron chi connectivity index (χ1n) is 8.57. The Balaban J connectivity index is 1.88. The van der Waals surface area contributed by atoms with Crippen molar-refractivity contribution in [3.8, 4) is 5.75 Å². The smallest absolute Gasteiger partial charge is 0.262 e. The molecule has 0 radical (unpaired) electrons. The van der Waals surface area contributed by atoms with Crippen LogP contribution in [0.2, 0.25) is 0 Å². The van der Waals surface area contributed by atoms with Crippen LogP contribution in [-0.4, -0.2) is 35.1 Å². The number of para-hydroxylation sites is 2. The third-order valence-electron chi connectivity index (χ3n) is 4.17. The molecule has 0 bridgehead atoms. The van der Waals surface area contributed by atoms with Gasteiger partial charge in [0, 0.05) is 0 Å². The number of ether oxygens (including phenoxy) is 1. The van der Waals surface area contributed by atoms with Crippen molar-refractivity contribution >= 4 is 37.3 Å². The summed E-state index contributed by atoms with van der Waals surface area (Å²) in [6.07, 6.45) is 0. The van der Waals surface area contributed by atoms with Gasteiger partial charge in [0.2, 0.25) is 15.9 Å². The van der Waals surface area contributed by atoms with Crippen molar-refractivity contribution in [3.05, 3.63) is 48.5 Å². The molecular weight excluding hydrogens is 404 g/mol. The minimum Gasteiger partial charge on any atom is -0.492 e. The van der Waals surface area contributed by atoms with Gasteiger partial charge in [-0.2, -0.15) is 0 Å². The Morgan fingerprint density at radius 1 is 1.14 bits per heavy atom. The van der Waals surface area contributed by atoms with Gasteiger partial charge in [-0.05, 0) is 43.3 Å². The maximum atomic E-state index is 12.7. The molecule has 1 N–H and O–H groups in total.